The largest absolute Gasteiger partial charge is 0.258 e. The Labute approximate surface area is 182 Å². The van der Waals surface area contributed by atoms with Crippen LogP contribution in [-0.2, 0) is 6.42 Å². The lowest BCUT2D eigenvalue weighted by Crippen LogP contribution is -2.22. The Morgan fingerprint density at radius 2 is 1.93 bits per heavy atom. The first-order valence-electron chi connectivity index (χ1n) is 9.64. The van der Waals surface area contributed by atoms with Crippen molar-refractivity contribution < 1.29 is 0 Å². The third-order valence-corrected chi connectivity index (χ3v) is 10.0. The molecule has 0 bridgehead atoms. The topological polar surface area (TPSA) is 25.2 Å². The molecule has 0 fully saturated rings. The molecular formula is C24H20N2S2Si. The Morgan fingerprint density at radius 1 is 1.03 bits per heavy atom. The minimum Gasteiger partial charge on any atom is -0.258 e. The zero-order valence-corrected chi connectivity index (χ0v) is 19.2. The maximum atomic E-state index is 5.02. The molecule has 3 aromatic rings. The third kappa shape index (κ3) is 3.54. The van der Waals surface area contributed by atoms with E-state index in [1.165, 1.54) is 36.9 Å². The molecule has 29 heavy (non-hydrogen) atoms. The van der Waals surface area contributed by atoms with Crippen LogP contribution in [0.1, 0.15) is 18.1 Å². The first-order chi connectivity index (χ1) is 14.2. The van der Waals surface area contributed by atoms with E-state index in [1.54, 1.807) is 23.5 Å². The molecule has 0 atom stereocenters. The molecule has 2 aliphatic heterocycles. The highest BCUT2D eigenvalue weighted by molar-refractivity contribution is 8.03. The number of pyridine rings is 1. The molecule has 0 unspecified atom stereocenters. The first-order valence-corrected chi connectivity index (χ1v) is 12.7. The van der Waals surface area contributed by atoms with Crippen LogP contribution in [0.25, 0.3) is 11.3 Å². The van der Waals surface area contributed by atoms with E-state index < -0.39 is 9.52 Å². The van der Waals surface area contributed by atoms with Gasteiger partial charge in [0.25, 0.3) is 0 Å². The highest BCUT2D eigenvalue weighted by atomic mass is 32.2. The summed E-state index contributed by atoms with van der Waals surface area (Å²) in [5.74, 6) is 0. The standard InChI is InChI=1S/C24H20N2S2Si/c1-3-6-22-24(25-2)28-20-14-15(10-12-21(20)29-22)18-11-9-17-13-16-7-4-5-8-19(16)27-23(17)26-18/h3-12,14H,2,13,29H2,1H3/b6-3-. The van der Waals surface area contributed by atoms with Crippen LogP contribution >= 0.6 is 23.5 Å². The van der Waals surface area contributed by atoms with Gasteiger partial charge in [0.2, 0.25) is 0 Å². The lowest BCUT2D eigenvalue weighted by molar-refractivity contribution is 0.980. The fourth-order valence-corrected chi connectivity index (χ4v) is 8.09. The second-order valence-corrected chi connectivity index (χ2v) is 11.1. The van der Waals surface area contributed by atoms with Crippen molar-refractivity contribution in [3.63, 3.8) is 0 Å². The van der Waals surface area contributed by atoms with E-state index in [1.807, 2.05) is 0 Å². The van der Waals surface area contributed by atoms with Crippen LogP contribution in [0.15, 0.2) is 96.8 Å². The first kappa shape index (κ1) is 18.7. The Morgan fingerprint density at radius 3 is 2.79 bits per heavy atom. The summed E-state index contributed by atoms with van der Waals surface area (Å²) in [6, 6.07) is 19.8. The van der Waals surface area contributed by atoms with Gasteiger partial charge >= 0.3 is 0 Å². The molecule has 0 spiro atoms. The monoisotopic (exact) mass is 428 g/mol. The average molecular weight is 429 g/mol. The molecule has 0 amide bonds. The lowest BCUT2D eigenvalue weighted by Gasteiger charge is -2.20. The fraction of sp³-hybridized carbons (Fsp3) is 0.0833. The number of fused-ring (bicyclic) bond motifs is 3. The summed E-state index contributed by atoms with van der Waals surface area (Å²) in [7, 11) is -0.527. The summed E-state index contributed by atoms with van der Waals surface area (Å²) in [6.45, 7) is 5.84. The van der Waals surface area contributed by atoms with Crippen molar-refractivity contribution in [1.82, 2.24) is 4.98 Å². The molecule has 0 radical (unpaired) electrons. The van der Waals surface area contributed by atoms with Gasteiger partial charge in [-0.1, -0.05) is 72.1 Å². The van der Waals surface area contributed by atoms with Crippen LogP contribution in [0.5, 0.6) is 0 Å². The number of aromatic nitrogens is 1. The van der Waals surface area contributed by atoms with Crippen LogP contribution in [-0.4, -0.2) is 21.2 Å². The number of aliphatic imine (C=N–C) groups is 1. The Hall–Kier alpha value is -2.34. The highest BCUT2D eigenvalue weighted by Gasteiger charge is 2.20. The van der Waals surface area contributed by atoms with Gasteiger partial charge in [-0.05, 0) is 53.4 Å². The highest BCUT2D eigenvalue weighted by Crippen LogP contribution is 2.40. The van der Waals surface area contributed by atoms with Crippen LogP contribution < -0.4 is 5.19 Å². The number of nitrogens with zero attached hydrogens (tertiary/aromatic N) is 2. The van der Waals surface area contributed by atoms with Gasteiger partial charge < -0.3 is 0 Å². The number of hydrogen-bond acceptors (Lipinski definition) is 4. The summed E-state index contributed by atoms with van der Waals surface area (Å²) in [6.07, 6.45) is 5.25. The quantitative estimate of drug-likeness (QED) is 0.333. The molecule has 0 saturated heterocycles. The fourth-order valence-electron chi connectivity index (χ4n) is 3.78. The predicted octanol–water partition coefficient (Wildman–Crippen LogP) is 5.15. The molecule has 5 heteroatoms. The van der Waals surface area contributed by atoms with Gasteiger partial charge in [0, 0.05) is 21.8 Å². The van der Waals surface area contributed by atoms with E-state index >= 15 is 0 Å². The summed E-state index contributed by atoms with van der Waals surface area (Å²) < 4.78 is 0. The van der Waals surface area contributed by atoms with E-state index in [0.29, 0.717) is 0 Å². The van der Waals surface area contributed by atoms with Gasteiger partial charge in [0.15, 0.2) is 0 Å². The van der Waals surface area contributed by atoms with Crippen molar-refractivity contribution in [1.29, 1.82) is 0 Å². The zero-order valence-electron chi connectivity index (χ0n) is 16.2. The summed E-state index contributed by atoms with van der Waals surface area (Å²) >= 11 is 3.52. The number of thioether (sulfide) groups is 1. The second-order valence-electron chi connectivity index (χ2n) is 7.14. The number of allylic oxidation sites excluding steroid dienone is 3. The SMILES string of the molecule is C=NC1=C(/C=C\C)[SiH2]c2ccc(-c3ccc4c(n3)Sc3ccccc3C4)cc2S1. The summed E-state index contributed by atoms with van der Waals surface area (Å²) in [4.78, 5) is 11.9. The number of rotatable bonds is 3. The Bertz CT molecular complexity index is 1200. The minimum absolute atomic E-state index is 0.527. The molecule has 3 heterocycles. The third-order valence-electron chi connectivity index (χ3n) is 5.24. The van der Waals surface area contributed by atoms with Crippen molar-refractivity contribution in [2.24, 2.45) is 4.99 Å². The zero-order chi connectivity index (χ0) is 19.8. The van der Waals surface area contributed by atoms with Crippen molar-refractivity contribution in [3.8, 4) is 11.3 Å². The van der Waals surface area contributed by atoms with Crippen molar-refractivity contribution in [2.45, 2.75) is 28.2 Å². The predicted molar refractivity (Wildman–Crippen MR) is 128 cm³/mol. The molecule has 2 aliphatic rings. The van der Waals surface area contributed by atoms with Gasteiger partial charge in [-0.3, -0.25) is 4.99 Å². The summed E-state index contributed by atoms with van der Waals surface area (Å²) in [5, 5.41) is 5.03. The molecule has 0 aliphatic carbocycles. The molecule has 5 rings (SSSR count). The maximum Gasteiger partial charge on any atom is 0.105 e. The average Bonchev–Trinajstić information content (AvgIpc) is 2.76. The van der Waals surface area contributed by atoms with Crippen molar-refractivity contribution in [2.75, 3.05) is 0 Å². The molecule has 2 aromatic carbocycles. The molecular weight excluding hydrogens is 408 g/mol. The van der Waals surface area contributed by atoms with Crippen LogP contribution in [0.2, 0.25) is 0 Å². The van der Waals surface area contributed by atoms with Crippen LogP contribution in [0.3, 0.4) is 0 Å². The molecule has 2 nitrogen and oxygen atoms in total. The minimum atomic E-state index is -0.527. The molecule has 142 valence electrons. The van der Waals surface area contributed by atoms with Gasteiger partial charge in [0.1, 0.15) is 5.03 Å². The molecule has 0 N–H and O–H groups in total. The van der Waals surface area contributed by atoms with E-state index in [0.717, 1.165) is 22.2 Å². The van der Waals surface area contributed by atoms with Gasteiger partial charge in [0.05, 0.1) is 20.2 Å². The van der Waals surface area contributed by atoms with Crippen molar-refractivity contribution >= 4 is 44.9 Å². The van der Waals surface area contributed by atoms with Crippen LogP contribution in [0.4, 0.5) is 0 Å². The van der Waals surface area contributed by atoms with E-state index in [-0.39, 0.29) is 0 Å². The van der Waals surface area contributed by atoms with E-state index in [9.17, 15) is 0 Å². The number of benzene rings is 2. The maximum absolute atomic E-state index is 5.02. The van der Waals surface area contributed by atoms with E-state index in [4.69, 9.17) is 4.98 Å². The number of hydrogen-bond donors (Lipinski definition) is 0. The molecule has 1 aromatic heterocycles. The molecule has 0 saturated carbocycles. The second kappa shape index (κ2) is 7.82. The van der Waals surface area contributed by atoms with Crippen molar-refractivity contribution in [3.05, 3.63) is 88.1 Å². The Kier molecular flexibility index (Phi) is 5.04. The van der Waals surface area contributed by atoms with Gasteiger partial charge in [-0.15, -0.1) is 0 Å². The smallest absolute Gasteiger partial charge is 0.105 e. The normalized spacial score (nSPS) is 15.9. The summed E-state index contributed by atoms with van der Waals surface area (Å²) in [5.41, 5.74) is 4.92. The Balaban J connectivity index is 1.48. The van der Waals surface area contributed by atoms with Gasteiger partial charge in [-0.2, -0.15) is 0 Å². The van der Waals surface area contributed by atoms with E-state index in [2.05, 4.69) is 85.4 Å². The van der Waals surface area contributed by atoms with Gasteiger partial charge in [-0.25, -0.2) is 4.98 Å². The van der Waals surface area contributed by atoms with Crippen LogP contribution in [0, 0.1) is 0 Å². The lowest BCUT2D eigenvalue weighted by atomic mass is 10.0.